The molecule has 0 aliphatic rings. The Morgan fingerprint density at radius 3 is 1.90 bits per heavy atom. The SMILES string of the molecule is CN=C(NNc1c(Cl)cc(C(F)(F)F)cc1Cl)C(C)(C)C. The van der Waals surface area contributed by atoms with Crippen molar-refractivity contribution in [1.29, 1.82) is 0 Å². The van der Waals surface area contributed by atoms with Gasteiger partial charge in [0.15, 0.2) is 0 Å². The van der Waals surface area contributed by atoms with Gasteiger partial charge >= 0.3 is 6.18 Å². The van der Waals surface area contributed by atoms with Crippen LogP contribution in [0.4, 0.5) is 18.9 Å². The summed E-state index contributed by atoms with van der Waals surface area (Å²) in [6.07, 6.45) is -4.50. The number of nitrogens with one attached hydrogen (secondary N) is 2. The second-order valence-corrected chi connectivity index (χ2v) is 6.20. The molecule has 3 nitrogen and oxygen atoms in total. The van der Waals surface area contributed by atoms with E-state index in [1.165, 1.54) is 0 Å². The Kier molecular flexibility index (Phi) is 5.39. The van der Waals surface area contributed by atoms with Crippen molar-refractivity contribution in [1.82, 2.24) is 5.43 Å². The number of alkyl halides is 3. The molecular weight excluding hydrogens is 326 g/mol. The van der Waals surface area contributed by atoms with Gasteiger partial charge in [-0.05, 0) is 12.1 Å². The van der Waals surface area contributed by atoms with Crippen LogP contribution in [0.15, 0.2) is 17.1 Å². The Morgan fingerprint density at radius 1 is 1.10 bits per heavy atom. The predicted molar refractivity (Wildman–Crippen MR) is 81.0 cm³/mol. The van der Waals surface area contributed by atoms with Crippen LogP contribution in [0, 0.1) is 5.41 Å². The molecule has 0 fully saturated rings. The van der Waals surface area contributed by atoms with E-state index >= 15 is 0 Å². The maximum absolute atomic E-state index is 12.6. The largest absolute Gasteiger partial charge is 0.416 e. The number of rotatable bonds is 2. The van der Waals surface area contributed by atoms with Gasteiger partial charge in [0.05, 0.1) is 21.3 Å². The summed E-state index contributed by atoms with van der Waals surface area (Å²) in [4.78, 5) is 4.07. The molecule has 0 aliphatic heterocycles. The van der Waals surface area contributed by atoms with E-state index in [0.29, 0.717) is 5.84 Å². The maximum Gasteiger partial charge on any atom is 0.416 e. The van der Waals surface area contributed by atoms with Gasteiger partial charge in [-0.25, -0.2) is 0 Å². The highest BCUT2D eigenvalue weighted by Crippen LogP contribution is 2.38. The molecule has 2 N–H and O–H groups in total. The molecule has 0 aliphatic carbocycles. The van der Waals surface area contributed by atoms with E-state index in [0.717, 1.165) is 12.1 Å². The van der Waals surface area contributed by atoms with Gasteiger partial charge in [0.1, 0.15) is 5.84 Å². The molecule has 0 amide bonds. The highest BCUT2D eigenvalue weighted by Gasteiger charge is 2.32. The summed E-state index contributed by atoms with van der Waals surface area (Å²) in [6.45, 7) is 5.79. The van der Waals surface area contributed by atoms with E-state index < -0.39 is 11.7 Å². The number of hydrogen-bond donors (Lipinski definition) is 2. The fourth-order valence-electron chi connectivity index (χ4n) is 1.56. The van der Waals surface area contributed by atoms with Crippen molar-refractivity contribution in [3.05, 3.63) is 27.7 Å². The lowest BCUT2D eigenvalue weighted by Crippen LogP contribution is -2.38. The van der Waals surface area contributed by atoms with Crippen LogP contribution in [-0.2, 0) is 6.18 Å². The Balaban J connectivity index is 3.01. The normalized spacial score (nSPS) is 13.3. The van der Waals surface area contributed by atoms with Crippen LogP contribution in [0.2, 0.25) is 10.0 Å². The molecule has 1 rings (SSSR count). The van der Waals surface area contributed by atoms with Crippen LogP contribution in [0.25, 0.3) is 0 Å². The van der Waals surface area contributed by atoms with Gasteiger partial charge in [-0.1, -0.05) is 44.0 Å². The lowest BCUT2D eigenvalue weighted by atomic mass is 9.95. The number of hydrazine groups is 1. The minimum atomic E-state index is -4.50. The molecule has 0 bridgehead atoms. The summed E-state index contributed by atoms with van der Waals surface area (Å²) in [5.74, 6) is 0.606. The van der Waals surface area contributed by atoms with Crippen molar-refractivity contribution in [2.75, 3.05) is 12.5 Å². The van der Waals surface area contributed by atoms with Crippen molar-refractivity contribution in [2.45, 2.75) is 26.9 Å². The highest BCUT2D eigenvalue weighted by molar-refractivity contribution is 6.39. The zero-order valence-electron chi connectivity index (χ0n) is 12.0. The smallest absolute Gasteiger partial charge is 0.297 e. The van der Waals surface area contributed by atoms with Gasteiger partial charge in [-0.3, -0.25) is 15.8 Å². The fourth-order valence-corrected chi connectivity index (χ4v) is 2.14. The predicted octanol–water partition coefficient (Wildman–Crippen LogP) is 5.00. The quantitative estimate of drug-likeness (QED) is 0.451. The first-order valence-electron chi connectivity index (χ1n) is 6.02. The van der Waals surface area contributed by atoms with E-state index in [4.69, 9.17) is 23.2 Å². The van der Waals surface area contributed by atoms with Crippen molar-refractivity contribution >= 4 is 34.7 Å². The Bertz CT molecular complexity index is 526. The Hall–Kier alpha value is -1.14. The number of aliphatic imine (C=N–C) groups is 1. The summed E-state index contributed by atoms with van der Waals surface area (Å²) in [5.41, 5.74) is 4.51. The van der Waals surface area contributed by atoms with Crippen LogP contribution in [0.3, 0.4) is 0 Å². The van der Waals surface area contributed by atoms with E-state index in [-0.39, 0.29) is 21.1 Å². The number of amidine groups is 1. The molecular formula is C13H16Cl2F3N3. The van der Waals surface area contributed by atoms with Crippen molar-refractivity contribution in [2.24, 2.45) is 10.4 Å². The average Bonchev–Trinajstić information content (AvgIpc) is 2.29. The minimum Gasteiger partial charge on any atom is -0.297 e. The molecule has 0 radical (unpaired) electrons. The van der Waals surface area contributed by atoms with Crippen LogP contribution >= 0.6 is 23.2 Å². The molecule has 0 atom stereocenters. The van der Waals surface area contributed by atoms with Crippen molar-refractivity contribution < 1.29 is 13.2 Å². The number of anilines is 1. The van der Waals surface area contributed by atoms with Crippen LogP contribution in [-0.4, -0.2) is 12.9 Å². The molecule has 0 aromatic heterocycles. The van der Waals surface area contributed by atoms with E-state index in [1.54, 1.807) is 7.05 Å². The average molecular weight is 342 g/mol. The third-order valence-corrected chi connectivity index (χ3v) is 3.21. The van der Waals surface area contributed by atoms with E-state index in [1.807, 2.05) is 20.8 Å². The van der Waals surface area contributed by atoms with Gasteiger partial charge in [-0.2, -0.15) is 13.2 Å². The number of halogens is 5. The van der Waals surface area contributed by atoms with E-state index in [9.17, 15) is 13.2 Å². The molecule has 0 heterocycles. The highest BCUT2D eigenvalue weighted by atomic mass is 35.5. The molecule has 0 unspecified atom stereocenters. The first-order valence-corrected chi connectivity index (χ1v) is 6.78. The van der Waals surface area contributed by atoms with E-state index in [2.05, 4.69) is 15.8 Å². The number of nitrogens with zero attached hydrogens (tertiary/aromatic N) is 1. The van der Waals surface area contributed by atoms with Crippen molar-refractivity contribution in [3.63, 3.8) is 0 Å². The molecule has 118 valence electrons. The van der Waals surface area contributed by atoms with Crippen LogP contribution in [0.1, 0.15) is 26.3 Å². The summed E-state index contributed by atoms with van der Waals surface area (Å²) >= 11 is 11.7. The molecule has 0 saturated carbocycles. The topological polar surface area (TPSA) is 36.4 Å². The van der Waals surface area contributed by atoms with Crippen LogP contribution < -0.4 is 10.9 Å². The lowest BCUT2D eigenvalue weighted by Gasteiger charge is -2.24. The van der Waals surface area contributed by atoms with Gasteiger partial charge in [0.25, 0.3) is 0 Å². The minimum absolute atomic E-state index is 0.133. The second kappa shape index (κ2) is 6.32. The fraction of sp³-hybridized carbons (Fsp3) is 0.462. The standard InChI is InChI=1S/C13H16Cl2F3N3/c1-12(2,3)11(19-4)21-20-10-8(14)5-7(6-9(10)15)13(16,17)18/h5-6,20H,1-4H3,(H,19,21). The molecule has 0 saturated heterocycles. The Morgan fingerprint density at radius 2 is 1.57 bits per heavy atom. The third kappa shape index (κ3) is 4.68. The lowest BCUT2D eigenvalue weighted by molar-refractivity contribution is -0.137. The molecule has 21 heavy (non-hydrogen) atoms. The molecule has 0 spiro atoms. The monoisotopic (exact) mass is 341 g/mol. The summed E-state index contributed by atoms with van der Waals surface area (Å²) < 4.78 is 37.9. The summed E-state index contributed by atoms with van der Waals surface area (Å²) in [7, 11) is 1.60. The van der Waals surface area contributed by atoms with Gasteiger partial charge in [0, 0.05) is 12.5 Å². The molecule has 1 aromatic carbocycles. The van der Waals surface area contributed by atoms with Crippen LogP contribution in [0.5, 0.6) is 0 Å². The number of benzene rings is 1. The van der Waals surface area contributed by atoms with Gasteiger partial charge in [0.2, 0.25) is 0 Å². The maximum atomic E-state index is 12.6. The Labute approximate surface area is 131 Å². The van der Waals surface area contributed by atoms with Crippen molar-refractivity contribution in [3.8, 4) is 0 Å². The van der Waals surface area contributed by atoms with Gasteiger partial charge in [-0.15, -0.1) is 0 Å². The molecule has 8 heteroatoms. The first-order chi connectivity index (χ1) is 9.46. The number of hydrogen-bond acceptors (Lipinski definition) is 2. The summed E-state index contributed by atoms with van der Waals surface area (Å²) in [6, 6.07) is 1.63. The molecule has 1 aromatic rings. The first kappa shape index (κ1) is 17.9. The second-order valence-electron chi connectivity index (χ2n) is 5.38. The summed E-state index contributed by atoms with van der Waals surface area (Å²) in [5, 5.41) is -0.265. The van der Waals surface area contributed by atoms with Gasteiger partial charge < -0.3 is 0 Å². The third-order valence-electron chi connectivity index (χ3n) is 2.61. The zero-order valence-corrected chi connectivity index (χ0v) is 13.5. The zero-order chi connectivity index (χ0) is 16.4.